The lowest BCUT2D eigenvalue weighted by Gasteiger charge is -2.29. The first kappa shape index (κ1) is 15.9. The van der Waals surface area contributed by atoms with Gasteiger partial charge in [-0.05, 0) is 50.7 Å². The Morgan fingerprint density at radius 3 is 2.43 bits per heavy atom. The molecule has 1 aromatic carbocycles. The Balaban J connectivity index is 1.89. The number of hydrogen-bond acceptors (Lipinski definition) is 2. The Kier molecular flexibility index (Phi) is 5.27. The van der Waals surface area contributed by atoms with Crippen LogP contribution in [0.15, 0.2) is 12.1 Å². The lowest BCUT2D eigenvalue weighted by atomic mass is 9.86. The first-order valence-electron chi connectivity index (χ1n) is 7.97. The van der Waals surface area contributed by atoms with Gasteiger partial charge >= 0.3 is 0 Å². The highest BCUT2D eigenvalue weighted by atomic mass is 16.5. The van der Waals surface area contributed by atoms with Gasteiger partial charge in [-0.2, -0.15) is 0 Å². The third-order valence-electron chi connectivity index (χ3n) is 4.41. The van der Waals surface area contributed by atoms with E-state index in [0.717, 1.165) is 23.3 Å². The molecule has 3 nitrogen and oxygen atoms in total. The maximum Gasteiger partial charge on any atom is 0.258 e. The fourth-order valence-corrected chi connectivity index (χ4v) is 3.31. The third-order valence-corrected chi connectivity index (χ3v) is 4.41. The van der Waals surface area contributed by atoms with Crippen molar-refractivity contribution in [2.45, 2.75) is 59.4 Å². The van der Waals surface area contributed by atoms with Crippen molar-refractivity contribution in [1.82, 2.24) is 5.32 Å². The zero-order valence-electron chi connectivity index (χ0n) is 13.7. The van der Waals surface area contributed by atoms with Crippen molar-refractivity contribution in [2.24, 2.45) is 5.92 Å². The summed E-state index contributed by atoms with van der Waals surface area (Å²) in [6, 6.07) is 4.49. The standard InChI is InChI=1S/C18H27NO2/c1-12-9-14(3)18(15(4)10-12)21-11-17(20)19-16-8-6-5-7-13(16)2/h9-10,13,16H,5-8,11H2,1-4H3,(H,19,20)/t13-,16+/m0/s1. The van der Waals surface area contributed by atoms with Gasteiger partial charge in [-0.3, -0.25) is 4.79 Å². The molecule has 1 fully saturated rings. The van der Waals surface area contributed by atoms with Crippen LogP contribution < -0.4 is 10.1 Å². The van der Waals surface area contributed by atoms with Gasteiger partial charge in [0.15, 0.2) is 6.61 Å². The Hall–Kier alpha value is -1.51. The van der Waals surface area contributed by atoms with Crippen LogP contribution in [0.4, 0.5) is 0 Å². The second-order valence-corrected chi connectivity index (χ2v) is 6.45. The summed E-state index contributed by atoms with van der Waals surface area (Å²) in [6.07, 6.45) is 4.80. The van der Waals surface area contributed by atoms with Crippen molar-refractivity contribution in [3.63, 3.8) is 0 Å². The predicted molar refractivity (Wildman–Crippen MR) is 85.7 cm³/mol. The topological polar surface area (TPSA) is 38.3 Å². The van der Waals surface area contributed by atoms with Crippen LogP contribution in [-0.2, 0) is 4.79 Å². The molecule has 0 radical (unpaired) electrons. The first-order chi connectivity index (χ1) is 9.97. The molecule has 1 N–H and O–H groups in total. The molecule has 21 heavy (non-hydrogen) atoms. The number of rotatable bonds is 4. The average Bonchev–Trinajstić information content (AvgIpc) is 2.40. The molecule has 1 amide bonds. The highest BCUT2D eigenvalue weighted by Gasteiger charge is 2.22. The molecule has 1 aromatic rings. The Labute approximate surface area is 128 Å². The van der Waals surface area contributed by atoms with Crippen LogP contribution >= 0.6 is 0 Å². The van der Waals surface area contributed by atoms with Gasteiger partial charge in [0.05, 0.1) is 0 Å². The van der Waals surface area contributed by atoms with Gasteiger partial charge in [0.2, 0.25) is 0 Å². The van der Waals surface area contributed by atoms with Gasteiger partial charge in [-0.25, -0.2) is 0 Å². The van der Waals surface area contributed by atoms with Gasteiger partial charge in [-0.1, -0.05) is 37.5 Å². The molecule has 0 bridgehead atoms. The summed E-state index contributed by atoms with van der Waals surface area (Å²) in [6.45, 7) is 8.45. The minimum absolute atomic E-state index is 0.00637. The largest absolute Gasteiger partial charge is 0.483 e. The second kappa shape index (κ2) is 6.97. The molecular weight excluding hydrogens is 262 g/mol. The fraction of sp³-hybridized carbons (Fsp3) is 0.611. The summed E-state index contributed by atoms with van der Waals surface area (Å²) in [5.74, 6) is 1.41. The molecule has 3 heteroatoms. The highest BCUT2D eigenvalue weighted by molar-refractivity contribution is 5.78. The molecule has 116 valence electrons. The van der Waals surface area contributed by atoms with Crippen LogP contribution in [0.2, 0.25) is 0 Å². The molecule has 1 saturated carbocycles. The Bertz CT molecular complexity index is 487. The van der Waals surface area contributed by atoms with E-state index in [0.29, 0.717) is 12.0 Å². The zero-order valence-corrected chi connectivity index (χ0v) is 13.7. The third kappa shape index (κ3) is 4.23. The SMILES string of the molecule is Cc1cc(C)c(OCC(=O)N[C@@H]2CCCC[C@@H]2C)c(C)c1. The molecule has 0 heterocycles. The number of carbonyl (C=O) groups excluding carboxylic acids is 1. The quantitative estimate of drug-likeness (QED) is 0.918. The summed E-state index contributed by atoms with van der Waals surface area (Å²) >= 11 is 0. The van der Waals surface area contributed by atoms with Gasteiger partial charge in [0.25, 0.3) is 5.91 Å². The van der Waals surface area contributed by atoms with Crippen LogP contribution in [0.3, 0.4) is 0 Å². The molecule has 2 rings (SSSR count). The molecule has 0 spiro atoms. The van der Waals surface area contributed by atoms with Gasteiger partial charge in [-0.15, -0.1) is 0 Å². The average molecular weight is 289 g/mol. The van der Waals surface area contributed by atoms with E-state index in [1.165, 1.54) is 24.8 Å². The van der Waals surface area contributed by atoms with Crippen molar-refractivity contribution < 1.29 is 9.53 Å². The van der Waals surface area contributed by atoms with Gasteiger partial charge < -0.3 is 10.1 Å². The molecule has 1 aliphatic rings. The molecule has 1 aliphatic carbocycles. The maximum absolute atomic E-state index is 12.1. The van der Waals surface area contributed by atoms with Crippen molar-refractivity contribution in [2.75, 3.05) is 6.61 Å². The van der Waals surface area contributed by atoms with E-state index in [2.05, 4.69) is 31.3 Å². The number of nitrogens with one attached hydrogen (secondary N) is 1. The van der Waals surface area contributed by atoms with E-state index in [1.807, 2.05) is 13.8 Å². The lowest BCUT2D eigenvalue weighted by molar-refractivity contribution is -0.124. The van der Waals surface area contributed by atoms with E-state index in [9.17, 15) is 4.79 Å². The van der Waals surface area contributed by atoms with Gasteiger partial charge in [0, 0.05) is 6.04 Å². The molecular formula is C18H27NO2. The van der Waals surface area contributed by atoms with E-state index < -0.39 is 0 Å². The number of benzene rings is 1. The summed E-state index contributed by atoms with van der Waals surface area (Å²) in [4.78, 5) is 12.1. The number of aryl methyl sites for hydroxylation is 3. The van der Waals surface area contributed by atoms with E-state index >= 15 is 0 Å². The summed E-state index contributed by atoms with van der Waals surface area (Å²) in [7, 11) is 0. The van der Waals surface area contributed by atoms with E-state index in [4.69, 9.17) is 4.74 Å². The summed E-state index contributed by atoms with van der Waals surface area (Å²) in [5, 5.41) is 3.13. The monoisotopic (exact) mass is 289 g/mol. The number of hydrogen-bond donors (Lipinski definition) is 1. The van der Waals surface area contributed by atoms with Crippen LogP contribution in [0.25, 0.3) is 0 Å². The second-order valence-electron chi connectivity index (χ2n) is 6.45. The van der Waals surface area contributed by atoms with Crippen molar-refractivity contribution in [3.8, 4) is 5.75 Å². The molecule has 2 atom stereocenters. The molecule has 0 unspecified atom stereocenters. The van der Waals surface area contributed by atoms with Crippen molar-refractivity contribution in [3.05, 3.63) is 28.8 Å². The number of ether oxygens (including phenoxy) is 1. The summed E-state index contributed by atoms with van der Waals surface area (Å²) in [5.41, 5.74) is 3.40. The van der Waals surface area contributed by atoms with Gasteiger partial charge in [0.1, 0.15) is 5.75 Å². The molecule has 0 aliphatic heterocycles. The van der Waals surface area contributed by atoms with Crippen molar-refractivity contribution in [1.29, 1.82) is 0 Å². The van der Waals surface area contributed by atoms with Crippen LogP contribution in [-0.4, -0.2) is 18.6 Å². The maximum atomic E-state index is 12.1. The molecule has 0 aromatic heterocycles. The van der Waals surface area contributed by atoms with Crippen molar-refractivity contribution >= 4 is 5.91 Å². The lowest BCUT2D eigenvalue weighted by Crippen LogP contribution is -2.43. The predicted octanol–water partition coefficient (Wildman–Crippen LogP) is 3.69. The van der Waals surface area contributed by atoms with E-state index in [-0.39, 0.29) is 12.5 Å². The number of carbonyl (C=O) groups is 1. The smallest absolute Gasteiger partial charge is 0.258 e. The zero-order chi connectivity index (χ0) is 15.4. The van der Waals surface area contributed by atoms with E-state index in [1.54, 1.807) is 0 Å². The minimum Gasteiger partial charge on any atom is -0.483 e. The van der Waals surface area contributed by atoms with Crippen LogP contribution in [0.1, 0.15) is 49.3 Å². The molecule has 0 saturated heterocycles. The summed E-state index contributed by atoms with van der Waals surface area (Å²) < 4.78 is 5.75. The highest BCUT2D eigenvalue weighted by Crippen LogP contribution is 2.25. The number of amides is 1. The Morgan fingerprint density at radius 2 is 1.81 bits per heavy atom. The normalized spacial score (nSPS) is 21.9. The fourth-order valence-electron chi connectivity index (χ4n) is 3.31. The Morgan fingerprint density at radius 1 is 1.19 bits per heavy atom. The van der Waals surface area contributed by atoms with Crippen LogP contribution in [0.5, 0.6) is 5.75 Å². The van der Waals surface area contributed by atoms with Crippen LogP contribution in [0, 0.1) is 26.7 Å². The first-order valence-corrected chi connectivity index (χ1v) is 7.97. The minimum atomic E-state index is -0.00637.